The largest absolute Gasteiger partial charge is 0.339 e. The number of nitrogens with one attached hydrogen (secondary N) is 1. The Labute approximate surface area is 228 Å². The van der Waals surface area contributed by atoms with Crippen molar-refractivity contribution in [3.63, 3.8) is 0 Å². The fraction of sp³-hybridized carbons (Fsp3) is 0.414. The second-order valence-electron chi connectivity index (χ2n) is 10.3. The number of benzene rings is 1. The van der Waals surface area contributed by atoms with Gasteiger partial charge in [-0.2, -0.15) is 10.2 Å². The molecule has 0 spiro atoms. The van der Waals surface area contributed by atoms with E-state index < -0.39 is 0 Å². The molecule has 202 valence electrons. The molecule has 1 aromatic carbocycles. The second-order valence-corrected chi connectivity index (χ2v) is 10.3. The number of carbonyl (C=O) groups excluding carboxylic acids is 2. The number of nitrogens with zero attached hydrogens (tertiary/aromatic N) is 7. The van der Waals surface area contributed by atoms with Crippen LogP contribution < -0.4 is 5.32 Å². The van der Waals surface area contributed by atoms with Crippen LogP contribution in [0.15, 0.2) is 48.7 Å². The number of anilines is 2. The van der Waals surface area contributed by atoms with Gasteiger partial charge < -0.3 is 20.0 Å². The van der Waals surface area contributed by atoms with E-state index in [9.17, 15) is 9.59 Å². The van der Waals surface area contributed by atoms with E-state index in [2.05, 4.69) is 28.4 Å². The molecular formula is C29H34N8O2. The van der Waals surface area contributed by atoms with E-state index in [4.69, 9.17) is 10.2 Å². The van der Waals surface area contributed by atoms with E-state index >= 15 is 0 Å². The van der Waals surface area contributed by atoms with Crippen molar-refractivity contribution in [2.45, 2.75) is 38.1 Å². The van der Waals surface area contributed by atoms with Crippen molar-refractivity contribution in [1.82, 2.24) is 29.3 Å². The number of hydrogen-bond acceptors (Lipinski definition) is 7. The summed E-state index contributed by atoms with van der Waals surface area (Å²) in [5, 5.41) is 16.6. The number of nitriles is 1. The fourth-order valence-corrected chi connectivity index (χ4v) is 5.25. The highest BCUT2D eigenvalue weighted by Gasteiger charge is 2.25. The van der Waals surface area contributed by atoms with Crippen molar-refractivity contribution in [3.05, 3.63) is 59.8 Å². The van der Waals surface area contributed by atoms with Gasteiger partial charge in [0.2, 0.25) is 11.9 Å². The molecule has 1 fully saturated rings. The van der Waals surface area contributed by atoms with Crippen LogP contribution in [-0.4, -0.2) is 87.4 Å². The minimum absolute atomic E-state index is 0.0141. The predicted molar refractivity (Wildman–Crippen MR) is 149 cm³/mol. The molecule has 0 bridgehead atoms. The third-order valence-corrected chi connectivity index (χ3v) is 7.66. The SMILES string of the molecule is CN1CCC(N(C)C(=O)c2ccc(Nc3nc4c(C5=CCN(C(=O)CCC#N)CC5)cccn4n3)cc2)CC1. The summed E-state index contributed by atoms with van der Waals surface area (Å²) in [5.74, 6) is 0.521. The van der Waals surface area contributed by atoms with Crippen molar-refractivity contribution in [3.8, 4) is 6.07 Å². The number of carbonyl (C=O) groups is 2. The molecule has 3 aromatic rings. The lowest BCUT2D eigenvalue weighted by molar-refractivity contribution is -0.130. The molecule has 2 aliphatic heterocycles. The summed E-state index contributed by atoms with van der Waals surface area (Å²) in [7, 11) is 4.02. The topological polar surface area (TPSA) is 110 Å². The Bertz CT molecular complexity index is 1410. The highest BCUT2D eigenvalue weighted by atomic mass is 16.2. The van der Waals surface area contributed by atoms with Crippen LogP contribution in [0.25, 0.3) is 11.2 Å². The second kappa shape index (κ2) is 11.7. The van der Waals surface area contributed by atoms with Crippen molar-refractivity contribution < 1.29 is 9.59 Å². The van der Waals surface area contributed by atoms with Crippen molar-refractivity contribution in [2.75, 3.05) is 45.6 Å². The zero-order chi connectivity index (χ0) is 27.4. The third-order valence-electron chi connectivity index (χ3n) is 7.66. The maximum Gasteiger partial charge on any atom is 0.253 e. The standard InChI is InChI=1S/C29H34N8O2/c1-34-17-13-24(14-18-34)35(2)28(39)22-7-9-23(10-8-22)31-29-32-27-25(5-4-16-37(27)33-29)21-11-19-36(20-12-21)26(38)6-3-15-30/h4-5,7-11,16,24H,3,6,12-14,17-20H2,1-2H3,(H,31,33). The molecule has 39 heavy (non-hydrogen) atoms. The van der Waals surface area contributed by atoms with Crippen LogP contribution in [0.2, 0.25) is 0 Å². The molecular weight excluding hydrogens is 492 g/mol. The van der Waals surface area contributed by atoms with Gasteiger partial charge >= 0.3 is 0 Å². The van der Waals surface area contributed by atoms with Gasteiger partial charge in [0.1, 0.15) is 0 Å². The summed E-state index contributed by atoms with van der Waals surface area (Å²) < 4.78 is 1.75. The van der Waals surface area contributed by atoms with E-state index in [1.165, 1.54) is 0 Å². The van der Waals surface area contributed by atoms with Crippen LogP contribution in [0.1, 0.15) is 48.0 Å². The number of aromatic nitrogens is 3. The number of piperidine rings is 1. The van der Waals surface area contributed by atoms with Crippen molar-refractivity contribution in [2.24, 2.45) is 0 Å². The van der Waals surface area contributed by atoms with Crippen molar-refractivity contribution >= 4 is 34.7 Å². The Morgan fingerprint density at radius 1 is 1.15 bits per heavy atom. The average Bonchev–Trinajstić information content (AvgIpc) is 3.38. The van der Waals surface area contributed by atoms with Crippen LogP contribution >= 0.6 is 0 Å². The lowest BCUT2D eigenvalue weighted by atomic mass is 10.00. The Balaban J connectivity index is 1.25. The minimum atomic E-state index is 0.0141. The summed E-state index contributed by atoms with van der Waals surface area (Å²) in [4.78, 5) is 36.0. The number of fused-ring (bicyclic) bond motifs is 1. The molecule has 0 saturated carbocycles. The van der Waals surface area contributed by atoms with Crippen molar-refractivity contribution in [1.29, 1.82) is 5.26 Å². The summed E-state index contributed by atoms with van der Waals surface area (Å²) in [6.07, 6.45) is 7.13. The number of hydrogen-bond donors (Lipinski definition) is 1. The first-order valence-corrected chi connectivity index (χ1v) is 13.5. The quantitative estimate of drug-likeness (QED) is 0.501. The molecule has 0 radical (unpaired) electrons. The molecule has 2 aliphatic rings. The van der Waals surface area contributed by atoms with E-state index in [1.807, 2.05) is 60.6 Å². The van der Waals surface area contributed by atoms with Gasteiger partial charge in [-0.15, -0.1) is 5.10 Å². The summed E-state index contributed by atoms with van der Waals surface area (Å²) in [6, 6.07) is 13.7. The Morgan fingerprint density at radius 3 is 2.62 bits per heavy atom. The zero-order valence-corrected chi connectivity index (χ0v) is 22.5. The number of amides is 2. The maximum absolute atomic E-state index is 13.0. The third kappa shape index (κ3) is 5.94. The van der Waals surface area contributed by atoms with Gasteiger partial charge in [-0.05, 0) is 81.4 Å². The molecule has 10 heteroatoms. The molecule has 0 aliphatic carbocycles. The van der Waals surface area contributed by atoms with Gasteiger partial charge in [0.05, 0.1) is 6.07 Å². The van der Waals surface area contributed by atoms with E-state index in [1.54, 1.807) is 9.42 Å². The molecule has 0 atom stereocenters. The van der Waals surface area contributed by atoms with Gasteiger partial charge in [0.15, 0.2) is 5.65 Å². The first-order valence-electron chi connectivity index (χ1n) is 13.5. The number of likely N-dealkylation sites (tertiary alicyclic amines) is 1. The van der Waals surface area contributed by atoms with Crippen LogP contribution in [-0.2, 0) is 4.79 Å². The molecule has 5 rings (SSSR count). The summed E-state index contributed by atoms with van der Waals surface area (Å²) in [5.41, 5.74) is 4.31. The molecule has 2 aromatic heterocycles. The van der Waals surface area contributed by atoms with Crippen LogP contribution in [0, 0.1) is 11.3 Å². The van der Waals surface area contributed by atoms with Crippen LogP contribution in [0.4, 0.5) is 11.6 Å². The Morgan fingerprint density at radius 2 is 1.92 bits per heavy atom. The van der Waals surface area contributed by atoms with E-state index in [0.717, 1.165) is 54.8 Å². The maximum atomic E-state index is 13.0. The van der Waals surface area contributed by atoms with E-state index in [0.29, 0.717) is 24.6 Å². The number of rotatable bonds is 7. The zero-order valence-electron chi connectivity index (χ0n) is 22.5. The highest BCUT2D eigenvalue weighted by molar-refractivity contribution is 5.94. The summed E-state index contributed by atoms with van der Waals surface area (Å²) >= 11 is 0. The van der Waals surface area contributed by atoms with Gasteiger partial charge in [0.25, 0.3) is 5.91 Å². The molecule has 0 unspecified atom stereocenters. The normalized spacial score (nSPS) is 16.5. The monoisotopic (exact) mass is 526 g/mol. The highest BCUT2D eigenvalue weighted by Crippen LogP contribution is 2.27. The Kier molecular flexibility index (Phi) is 7.89. The first kappa shape index (κ1) is 26.4. The number of pyridine rings is 1. The smallest absolute Gasteiger partial charge is 0.253 e. The molecule has 4 heterocycles. The summed E-state index contributed by atoms with van der Waals surface area (Å²) in [6.45, 7) is 3.17. The van der Waals surface area contributed by atoms with E-state index in [-0.39, 0.29) is 30.7 Å². The molecule has 1 N–H and O–H groups in total. The lowest BCUT2D eigenvalue weighted by Crippen LogP contribution is -2.44. The van der Waals surface area contributed by atoms with Gasteiger partial charge in [-0.1, -0.05) is 6.08 Å². The lowest BCUT2D eigenvalue weighted by Gasteiger charge is -2.35. The first-order chi connectivity index (χ1) is 18.9. The molecule has 2 amide bonds. The minimum Gasteiger partial charge on any atom is -0.339 e. The van der Waals surface area contributed by atoms with Gasteiger partial charge in [0, 0.05) is 62.0 Å². The van der Waals surface area contributed by atoms with Crippen LogP contribution in [0.5, 0.6) is 0 Å². The molecule has 10 nitrogen and oxygen atoms in total. The average molecular weight is 527 g/mol. The molecule has 1 saturated heterocycles. The Hall–Kier alpha value is -4.23. The fourth-order valence-electron chi connectivity index (χ4n) is 5.25. The van der Waals surface area contributed by atoms with Gasteiger partial charge in [-0.3, -0.25) is 9.59 Å². The van der Waals surface area contributed by atoms with Gasteiger partial charge in [-0.25, -0.2) is 4.52 Å². The van der Waals surface area contributed by atoms with Crippen LogP contribution in [0.3, 0.4) is 0 Å². The predicted octanol–water partition coefficient (Wildman–Crippen LogP) is 3.56.